The second-order valence-electron chi connectivity index (χ2n) is 3.48. The first-order chi connectivity index (χ1) is 6.81. The van der Waals surface area contributed by atoms with Gasteiger partial charge < -0.3 is 14.5 Å². The predicted octanol–water partition coefficient (Wildman–Crippen LogP) is 1.21. The average Bonchev–Trinajstić information content (AvgIpc) is 2.61. The van der Waals surface area contributed by atoms with Gasteiger partial charge in [-0.1, -0.05) is 6.92 Å². The summed E-state index contributed by atoms with van der Waals surface area (Å²) in [6, 6.07) is 0. The second kappa shape index (κ2) is 4.11. The third-order valence-electron chi connectivity index (χ3n) is 2.43. The topological polar surface area (TPSA) is 47.3 Å². The summed E-state index contributed by atoms with van der Waals surface area (Å²) in [5.74, 6) is 1.68. The summed E-state index contributed by atoms with van der Waals surface area (Å²) in [6.07, 6.45) is 0.877. The zero-order valence-electron chi connectivity index (χ0n) is 8.67. The maximum absolute atomic E-state index is 5.63. The molecule has 1 atom stereocenters. The Balaban J connectivity index is 2.14. The third-order valence-corrected chi connectivity index (χ3v) is 2.43. The van der Waals surface area contributed by atoms with Gasteiger partial charge in [-0.15, -0.1) is 0 Å². The van der Waals surface area contributed by atoms with Crippen molar-refractivity contribution >= 4 is 0 Å². The van der Waals surface area contributed by atoms with Crippen LogP contribution in [0.3, 0.4) is 0 Å². The van der Waals surface area contributed by atoms with E-state index in [1.807, 2.05) is 6.92 Å². The molecule has 0 amide bonds. The summed E-state index contributed by atoms with van der Waals surface area (Å²) in [5.41, 5.74) is 0.983. The van der Waals surface area contributed by atoms with Crippen molar-refractivity contribution in [2.24, 2.45) is 0 Å². The number of rotatable bonds is 2. The van der Waals surface area contributed by atoms with Gasteiger partial charge in [-0.2, -0.15) is 0 Å². The molecule has 14 heavy (non-hydrogen) atoms. The summed E-state index contributed by atoms with van der Waals surface area (Å²) in [6.45, 7) is 6.48. The Labute approximate surface area is 83.7 Å². The largest absolute Gasteiger partial charge is 0.443 e. The standard InChI is InChI=1S/C10H16N2O2/c1-3-8-7(2)12-10(14-8)9-6-11-4-5-13-9/h9,11H,3-6H2,1-2H3. The van der Waals surface area contributed by atoms with Crippen molar-refractivity contribution in [3.05, 3.63) is 17.3 Å². The number of aryl methyl sites for hydroxylation is 2. The van der Waals surface area contributed by atoms with Crippen LogP contribution in [0.25, 0.3) is 0 Å². The van der Waals surface area contributed by atoms with Gasteiger partial charge in [0.1, 0.15) is 11.9 Å². The molecule has 2 rings (SSSR count). The van der Waals surface area contributed by atoms with Crippen LogP contribution < -0.4 is 5.32 Å². The summed E-state index contributed by atoms with van der Waals surface area (Å²) >= 11 is 0. The lowest BCUT2D eigenvalue weighted by atomic mass is 10.3. The van der Waals surface area contributed by atoms with Gasteiger partial charge in [0.2, 0.25) is 5.89 Å². The molecular weight excluding hydrogens is 180 g/mol. The van der Waals surface area contributed by atoms with E-state index in [1.54, 1.807) is 0 Å². The summed E-state index contributed by atoms with van der Waals surface area (Å²) in [7, 11) is 0. The number of hydrogen-bond donors (Lipinski definition) is 1. The van der Waals surface area contributed by atoms with Crippen molar-refractivity contribution in [2.45, 2.75) is 26.4 Å². The first-order valence-corrected chi connectivity index (χ1v) is 5.09. The van der Waals surface area contributed by atoms with Gasteiger partial charge in [0.25, 0.3) is 0 Å². The molecule has 0 aromatic carbocycles. The quantitative estimate of drug-likeness (QED) is 0.772. The molecule has 1 aromatic heterocycles. The molecule has 1 aliphatic heterocycles. The molecule has 0 aliphatic carbocycles. The molecule has 4 nitrogen and oxygen atoms in total. The molecule has 1 unspecified atom stereocenters. The van der Waals surface area contributed by atoms with E-state index in [2.05, 4.69) is 17.2 Å². The minimum Gasteiger partial charge on any atom is -0.443 e. The Bertz CT molecular complexity index is 303. The van der Waals surface area contributed by atoms with Crippen LogP contribution in [0.1, 0.15) is 30.4 Å². The first-order valence-electron chi connectivity index (χ1n) is 5.09. The van der Waals surface area contributed by atoms with Crippen molar-refractivity contribution in [3.63, 3.8) is 0 Å². The highest BCUT2D eigenvalue weighted by atomic mass is 16.5. The average molecular weight is 196 g/mol. The fourth-order valence-electron chi connectivity index (χ4n) is 1.64. The van der Waals surface area contributed by atoms with E-state index in [4.69, 9.17) is 9.15 Å². The smallest absolute Gasteiger partial charge is 0.225 e. The van der Waals surface area contributed by atoms with Gasteiger partial charge in [-0.05, 0) is 6.92 Å². The maximum Gasteiger partial charge on any atom is 0.225 e. The van der Waals surface area contributed by atoms with Gasteiger partial charge in [0.05, 0.1) is 12.3 Å². The molecule has 1 aromatic rings. The normalized spacial score (nSPS) is 22.6. The predicted molar refractivity (Wildman–Crippen MR) is 52.2 cm³/mol. The lowest BCUT2D eigenvalue weighted by molar-refractivity contribution is 0.0103. The van der Waals surface area contributed by atoms with Crippen LogP contribution in [0.4, 0.5) is 0 Å². The van der Waals surface area contributed by atoms with Crippen LogP contribution in [-0.4, -0.2) is 24.7 Å². The van der Waals surface area contributed by atoms with Crippen LogP contribution in [0.5, 0.6) is 0 Å². The highest BCUT2D eigenvalue weighted by Crippen LogP contribution is 2.21. The fourth-order valence-corrected chi connectivity index (χ4v) is 1.64. The van der Waals surface area contributed by atoms with E-state index >= 15 is 0 Å². The number of nitrogens with zero attached hydrogens (tertiary/aromatic N) is 1. The van der Waals surface area contributed by atoms with Gasteiger partial charge in [0, 0.05) is 19.5 Å². The van der Waals surface area contributed by atoms with Crippen molar-refractivity contribution in [1.29, 1.82) is 0 Å². The fraction of sp³-hybridized carbons (Fsp3) is 0.700. The molecule has 1 N–H and O–H groups in total. The van der Waals surface area contributed by atoms with E-state index in [0.29, 0.717) is 5.89 Å². The van der Waals surface area contributed by atoms with Crippen LogP contribution in [0, 0.1) is 6.92 Å². The molecule has 1 aliphatic rings. The van der Waals surface area contributed by atoms with Gasteiger partial charge in [-0.25, -0.2) is 4.98 Å². The zero-order chi connectivity index (χ0) is 9.97. The van der Waals surface area contributed by atoms with Crippen molar-refractivity contribution < 1.29 is 9.15 Å². The lowest BCUT2D eigenvalue weighted by Crippen LogP contribution is -2.33. The maximum atomic E-state index is 5.63. The molecule has 0 bridgehead atoms. The van der Waals surface area contributed by atoms with Crippen molar-refractivity contribution in [2.75, 3.05) is 19.7 Å². The SMILES string of the molecule is CCc1oc(C2CNCCO2)nc1C. The van der Waals surface area contributed by atoms with Crippen molar-refractivity contribution in [1.82, 2.24) is 10.3 Å². The lowest BCUT2D eigenvalue weighted by Gasteiger charge is -2.20. The van der Waals surface area contributed by atoms with Gasteiger partial charge in [-0.3, -0.25) is 0 Å². The molecule has 0 radical (unpaired) electrons. The van der Waals surface area contributed by atoms with E-state index in [-0.39, 0.29) is 6.10 Å². The second-order valence-corrected chi connectivity index (χ2v) is 3.48. The summed E-state index contributed by atoms with van der Waals surface area (Å²) < 4.78 is 11.2. The Morgan fingerprint density at radius 3 is 3.00 bits per heavy atom. The Morgan fingerprint density at radius 2 is 2.43 bits per heavy atom. The molecule has 78 valence electrons. The summed E-state index contributed by atoms with van der Waals surface area (Å²) in [5, 5.41) is 3.26. The first kappa shape index (κ1) is 9.68. The number of oxazole rings is 1. The number of nitrogens with one attached hydrogen (secondary N) is 1. The third kappa shape index (κ3) is 1.81. The Morgan fingerprint density at radius 1 is 1.57 bits per heavy atom. The zero-order valence-corrected chi connectivity index (χ0v) is 8.67. The van der Waals surface area contributed by atoms with E-state index in [9.17, 15) is 0 Å². The highest BCUT2D eigenvalue weighted by molar-refractivity contribution is 5.09. The molecule has 1 saturated heterocycles. The molecular formula is C10H16N2O2. The minimum absolute atomic E-state index is 0.0113. The van der Waals surface area contributed by atoms with E-state index < -0.39 is 0 Å². The van der Waals surface area contributed by atoms with Gasteiger partial charge >= 0.3 is 0 Å². The molecule has 0 spiro atoms. The molecule has 1 fully saturated rings. The molecule has 4 heteroatoms. The monoisotopic (exact) mass is 196 g/mol. The van der Waals surface area contributed by atoms with Gasteiger partial charge in [0.15, 0.2) is 0 Å². The Hall–Kier alpha value is -0.870. The van der Waals surface area contributed by atoms with Crippen LogP contribution in [0.15, 0.2) is 4.42 Å². The number of morpholine rings is 1. The van der Waals surface area contributed by atoms with Crippen LogP contribution >= 0.6 is 0 Å². The van der Waals surface area contributed by atoms with Crippen LogP contribution in [0.2, 0.25) is 0 Å². The van der Waals surface area contributed by atoms with E-state index in [1.165, 1.54) is 0 Å². The Kier molecular flexibility index (Phi) is 2.84. The minimum atomic E-state index is -0.0113. The van der Waals surface area contributed by atoms with E-state index in [0.717, 1.165) is 37.6 Å². The molecule has 0 saturated carbocycles. The number of hydrogen-bond acceptors (Lipinski definition) is 4. The number of aromatic nitrogens is 1. The number of ether oxygens (including phenoxy) is 1. The molecule has 2 heterocycles. The van der Waals surface area contributed by atoms with Crippen LogP contribution in [-0.2, 0) is 11.2 Å². The highest BCUT2D eigenvalue weighted by Gasteiger charge is 2.21. The van der Waals surface area contributed by atoms with Crippen molar-refractivity contribution in [3.8, 4) is 0 Å². The summed E-state index contributed by atoms with van der Waals surface area (Å²) in [4.78, 5) is 4.37.